The van der Waals surface area contributed by atoms with Crippen LogP contribution < -0.4 is 0 Å². The molecule has 0 bridgehead atoms. The third kappa shape index (κ3) is 4.66. The summed E-state index contributed by atoms with van der Waals surface area (Å²) in [7, 11) is 0. The van der Waals surface area contributed by atoms with E-state index in [0.717, 1.165) is 56.9 Å². The van der Waals surface area contributed by atoms with Crippen LogP contribution in [0.1, 0.15) is 91.9 Å². The molecule has 0 spiro atoms. The topological polar surface area (TPSA) is 0 Å². The number of hydrogen-bond donors (Lipinski definition) is 0. The minimum Gasteiger partial charge on any atom is -0.207 e. The molecule has 0 N–H and O–H groups in total. The highest BCUT2D eigenvalue weighted by molar-refractivity contribution is 5.52. The first-order valence-corrected chi connectivity index (χ1v) is 11.4. The summed E-state index contributed by atoms with van der Waals surface area (Å²) >= 11 is 0. The zero-order valence-electron chi connectivity index (χ0n) is 17.8. The first-order valence-electron chi connectivity index (χ1n) is 11.4. The Hall–Kier alpha value is -2.03. The van der Waals surface area contributed by atoms with Gasteiger partial charge in [0.25, 0.3) is 0 Å². The maximum absolute atomic E-state index is 14.7. The number of halogens is 3. The molecule has 0 saturated heterocycles. The predicted molar refractivity (Wildman–Crippen MR) is 117 cm³/mol. The van der Waals surface area contributed by atoms with E-state index in [4.69, 9.17) is 0 Å². The lowest BCUT2D eigenvalue weighted by molar-refractivity contribution is 0.376. The lowest BCUT2D eigenvalue weighted by Crippen LogP contribution is -2.12. The molecular weight excluding hydrogens is 381 g/mol. The van der Waals surface area contributed by atoms with Gasteiger partial charge in [0.15, 0.2) is 11.6 Å². The van der Waals surface area contributed by atoms with Crippen molar-refractivity contribution < 1.29 is 13.2 Å². The van der Waals surface area contributed by atoms with Gasteiger partial charge in [-0.3, -0.25) is 0 Å². The SMILES string of the molecule is Cc1ccc(C2CCC(/C=C/c3ccc(C4CCCCC4)c(F)c3F)CC2)cc1F. The molecule has 0 aromatic heterocycles. The second-order valence-corrected chi connectivity index (χ2v) is 9.19. The number of aryl methyl sites for hydroxylation is 1. The largest absolute Gasteiger partial charge is 0.207 e. The van der Waals surface area contributed by atoms with E-state index in [1.165, 1.54) is 6.42 Å². The normalized spacial score (nSPS) is 23.2. The third-order valence-electron chi connectivity index (χ3n) is 7.17. The van der Waals surface area contributed by atoms with Crippen LogP contribution in [0.25, 0.3) is 6.08 Å². The van der Waals surface area contributed by atoms with Gasteiger partial charge < -0.3 is 0 Å². The quantitative estimate of drug-likeness (QED) is 0.472. The Balaban J connectivity index is 1.38. The van der Waals surface area contributed by atoms with E-state index in [2.05, 4.69) is 0 Å². The third-order valence-corrected chi connectivity index (χ3v) is 7.17. The molecule has 2 aromatic rings. The standard InChI is InChI=1S/C27H31F3/c1-18-7-11-23(17-25(18)28)20-12-8-19(9-13-20)10-14-22-15-16-24(27(30)26(22)29)21-5-3-2-4-6-21/h7,10-11,14-17,19-21H,2-6,8-9,12-13H2,1H3/b14-10+. The minimum absolute atomic E-state index is 0.135. The molecule has 2 saturated carbocycles. The fourth-order valence-corrected chi connectivity index (χ4v) is 5.18. The molecule has 30 heavy (non-hydrogen) atoms. The van der Waals surface area contributed by atoms with Crippen molar-refractivity contribution in [2.45, 2.75) is 76.5 Å². The fraction of sp³-hybridized carbons (Fsp3) is 0.481. The van der Waals surface area contributed by atoms with E-state index >= 15 is 0 Å². The van der Waals surface area contributed by atoms with Crippen molar-refractivity contribution in [3.8, 4) is 0 Å². The number of allylic oxidation sites excluding steroid dienone is 1. The molecule has 0 atom stereocenters. The number of benzene rings is 2. The average molecular weight is 413 g/mol. The molecule has 0 aliphatic heterocycles. The highest BCUT2D eigenvalue weighted by Crippen LogP contribution is 2.38. The Kier molecular flexibility index (Phi) is 6.65. The van der Waals surface area contributed by atoms with Crippen molar-refractivity contribution in [1.82, 2.24) is 0 Å². The molecule has 0 radical (unpaired) electrons. The van der Waals surface area contributed by atoms with Gasteiger partial charge in [0, 0.05) is 5.56 Å². The molecule has 0 unspecified atom stereocenters. The highest BCUT2D eigenvalue weighted by atomic mass is 19.2. The molecule has 2 aliphatic carbocycles. The molecular formula is C27H31F3. The summed E-state index contributed by atoms with van der Waals surface area (Å²) in [4.78, 5) is 0. The molecule has 2 aromatic carbocycles. The smallest absolute Gasteiger partial charge is 0.166 e. The number of rotatable bonds is 4. The zero-order valence-corrected chi connectivity index (χ0v) is 17.8. The zero-order chi connectivity index (χ0) is 21.1. The van der Waals surface area contributed by atoms with Crippen molar-refractivity contribution in [3.05, 3.63) is 76.1 Å². The summed E-state index contributed by atoms with van der Waals surface area (Å²) in [6, 6.07) is 9.08. The summed E-state index contributed by atoms with van der Waals surface area (Å²) in [5.41, 5.74) is 2.65. The van der Waals surface area contributed by atoms with E-state index < -0.39 is 11.6 Å². The highest BCUT2D eigenvalue weighted by Gasteiger charge is 2.23. The summed E-state index contributed by atoms with van der Waals surface area (Å²) in [5.74, 6) is -0.602. The minimum atomic E-state index is -0.710. The summed E-state index contributed by atoms with van der Waals surface area (Å²) in [5, 5.41) is 0. The van der Waals surface area contributed by atoms with E-state index in [9.17, 15) is 13.2 Å². The molecule has 160 valence electrons. The van der Waals surface area contributed by atoms with Crippen LogP contribution in [0.5, 0.6) is 0 Å². The molecule has 0 nitrogen and oxygen atoms in total. The average Bonchev–Trinajstić information content (AvgIpc) is 2.78. The maximum atomic E-state index is 14.7. The lowest BCUT2D eigenvalue weighted by atomic mass is 9.78. The Morgan fingerprint density at radius 1 is 0.767 bits per heavy atom. The van der Waals surface area contributed by atoms with Crippen LogP contribution in [0.3, 0.4) is 0 Å². The van der Waals surface area contributed by atoms with Gasteiger partial charge in [-0.25, -0.2) is 13.2 Å². The maximum Gasteiger partial charge on any atom is 0.166 e. The van der Waals surface area contributed by atoms with Gasteiger partial charge in [-0.1, -0.05) is 55.7 Å². The molecule has 2 aliphatic rings. The monoisotopic (exact) mass is 412 g/mol. The van der Waals surface area contributed by atoms with E-state index in [0.29, 0.717) is 28.5 Å². The Labute approximate surface area is 178 Å². The van der Waals surface area contributed by atoms with E-state index in [-0.39, 0.29) is 11.7 Å². The summed E-state index contributed by atoms with van der Waals surface area (Å²) < 4.78 is 43.2. The Morgan fingerprint density at radius 2 is 1.50 bits per heavy atom. The van der Waals surface area contributed by atoms with Gasteiger partial charge in [0.1, 0.15) is 5.82 Å². The van der Waals surface area contributed by atoms with Crippen LogP contribution in [-0.2, 0) is 0 Å². The van der Waals surface area contributed by atoms with Gasteiger partial charge in [-0.15, -0.1) is 0 Å². The van der Waals surface area contributed by atoms with Crippen LogP contribution in [0, 0.1) is 30.3 Å². The van der Waals surface area contributed by atoms with Crippen LogP contribution in [0.15, 0.2) is 36.4 Å². The fourth-order valence-electron chi connectivity index (χ4n) is 5.18. The van der Waals surface area contributed by atoms with Crippen LogP contribution in [0.4, 0.5) is 13.2 Å². The Morgan fingerprint density at radius 3 is 2.20 bits per heavy atom. The van der Waals surface area contributed by atoms with Gasteiger partial charge >= 0.3 is 0 Å². The second-order valence-electron chi connectivity index (χ2n) is 9.19. The van der Waals surface area contributed by atoms with Gasteiger partial charge in [0.05, 0.1) is 0 Å². The van der Waals surface area contributed by atoms with Gasteiger partial charge in [0.2, 0.25) is 0 Å². The van der Waals surface area contributed by atoms with Crippen molar-refractivity contribution in [2.24, 2.45) is 5.92 Å². The molecule has 0 amide bonds. The Bertz CT molecular complexity index is 901. The molecule has 2 fully saturated rings. The van der Waals surface area contributed by atoms with Crippen LogP contribution in [0.2, 0.25) is 0 Å². The van der Waals surface area contributed by atoms with Crippen molar-refractivity contribution >= 4 is 6.08 Å². The number of hydrogen-bond acceptors (Lipinski definition) is 0. The predicted octanol–water partition coefficient (Wildman–Crippen LogP) is 8.45. The summed E-state index contributed by atoms with van der Waals surface area (Å²) in [6.07, 6.45) is 13.1. The van der Waals surface area contributed by atoms with E-state index in [1.807, 2.05) is 18.2 Å². The lowest BCUT2D eigenvalue weighted by Gasteiger charge is -2.27. The molecule has 3 heteroatoms. The molecule has 4 rings (SSSR count). The first kappa shape index (κ1) is 21.2. The van der Waals surface area contributed by atoms with Crippen molar-refractivity contribution in [1.29, 1.82) is 0 Å². The second kappa shape index (κ2) is 9.41. The first-order chi connectivity index (χ1) is 14.5. The van der Waals surface area contributed by atoms with Crippen LogP contribution >= 0.6 is 0 Å². The van der Waals surface area contributed by atoms with Crippen LogP contribution in [-0.4, -0.2) is 0 Å². The van der Waals surface area contributed by atoms with Gasteiger partial charge in [-0.2, -0.15) is 0 Å². The molecule has 0 heterocycles. The summed E-state index contributed by atoms with van der Waals surface area (Å²) in [6.45, 7) is 1.78. The van der Waals surface area contributed by atoms with Crippen molar-refractivity contribution in [3.63, 3.8) is 0 Å². The van der Waals surface area contributed by atoms with E-state index in [1.54, 1.807) is 31.2 Å². The van der Waals surface area contributed by atoms with Gasteiger partial charge in [-0.05, 0) is 86.0 Å². The van der Waals surface area contributed by atoms with Crippen molar-refractivity contribution in [2.75, 3.05) is 0 Å².